The summed E-state index contributed by atoms with van der Waals surface area (Å²) in [6, 6.07) is -0.671. The lowest BCUT2D eigenvalue weighted by molar-refractivity contribution is -0.0420. The molecule has 190 valence electrons. The Balaban J connectivity index is 1.45. The number of carbonyl (C=O) groups excluding carboxylic acids is 1. The molecule has 2 aliphatic carbocycles. The number of ether oxygens (including phenoxy) is 3. The molecule has 0 bridgehead atoms. The summed E-state index contributed by atoms with van der Waals surface area (Å²) in [7, 11) is -0.600. The summed E-state index contributed by atoms with van der Waals surface area (Å²) in [5, 5.41) is 0.392. The molecule has 2 saturated carbocycles. The van der Waals surface area contributed by atoms with Crippen molar-refractivity contribution in [2.75, 3.05) is 27.1 Å². The smallest absolute Gasteiger partial charge is 0.410 e. The van der Waals surface area contributed by atoms with Crippen molar-refractivity contribution in [3.63, 3.8) is 0 Å². The fourth-order valence-electron chi connectivity index (χ4n) is 5.87. The summed E-state index contributed by atoms with van der Waals surface area (Å²) in [5.41, 5.74) is -0.942. The number of likely N-dealkylation sites (tertiary alicyclic amines) is 1. The van der Waals surface area contributed by atoms with E-state index in [1.54, 1.807) is 18.2 Å². The monoisotopic (exact) mass is 516 g/mol. The van der Waals surface area contributed by atoms with Crippen LogP contribution in [0.5, 0.6) is 5.88 Å². The van der Waals surface area contributed by atoms with Gasteiger partial charge in [0.2, 0.25) is 15.9 Å². The number of aromatic nitrogens is 2. The number of sulfonamides is 1. The molecule has 3 fully saturated rings. The normalized spacial score (nSPS) is 35.1. The molecule has 1 N–H and O–H groups in total. The van der Waals surface area contributed by atoms with E-state index in [0.717, 1.165) is 37.8 Å². The Labute approximate surface area is 205 Å². The summed E-state index contributed by atoms with van der Waals surface area (Å²) in [4.78, 5) is 23.2. The first-order valence-electron chi connectivity index (χ1n) is 11.5. The quantitative estimate of drug-likeness (QED) is 0.587. The molecule has 0 aromatic carbocycles. The van der Waals surface area contributed by atoms with E-state index in [9.17, 15) is 13.2 Å². The van der Waals surface area contributed by atoms with Crippen molar-refractivity contribution in [2.24, 2.45) is 5.92 Å². The number of hydrogen-bond donors (Lipinski definition) is 1. The first-order valence-corrected chi connectivity index (χ1v) is 13.7. The highest BCUT2D eigenvalue weighted by molar-refractivity contribution is 7.88. The third-order valence-corrected chi connectivity index (χ3v) is 8.67. The zero-order chi connectivity index (χ0) is 24.9. The third kappa shape index (κ3) is 4.59. The second kappa shape index (κ2) is 9.07. The molecular formula is C22H33ClN4O6S. The average molecular weight is 517 g/mol. The molecule has 1 amide bonds. The van der Waals surface area contributed by atoms with E-state index in [-0.39, 0.29) is 24.2 Å². The van der Waals surface area contributed by atoms with Crippen molar-refractivity contribution in [3.8, 4) is 5.88 Å². The van der Waals surface area contributed by atoms with Crippen LogP contribution in [0.2, 0.25) is 5.02 Å². The van der Waals surface area contributed by atoms with Crippen molar-refractivity contribution >= 4 is 27.7 Å². The van der Waals surface area contributed by atoms with Crippen molar-refractivity contribution in [2.45, 2.75) is 75.1 Å². The van der Waals surface area contributed by atoms with Gasteiger partial charge < -0.3 is 14.2 Å². The molecule has 1 aromatic heterocycles. The Morgan fingerprint density at radius 1 is 1.35 bits per heavy atom. The first-order chi connectivity index (χ1) is 15.9. The van der Waals surface area contributed by atoms with Crippen molar-refractivity contribution < 1.29 is 27.4 Å². The van der Waals surface area contributed by atoms with Gasteiger partial charge in [-0.1, -0.05) is 11.6 Å². The predicted octanol–water partition coefficient (Wildman–Crippen LogP) is 2.50. The largest absolute Gasteiger partial charge is 0.480 e. The number of amides is 1. The van der Waals surface area contributed by atoms with Crippen LogP contribution >= 0.6 is 11.6 Å². The maximum atomic E-state index is 12.6. The van der Waals surface area contributed by atoms with E-state index >= 15 is 0 Å². The SMILES string of the molecule is COC(=O)N1C(C)CC(NS(C)(=O)=O)C1(C)COC1CCC2(c3ncc(Cl)c(OC)n3)CC2C1. The number of nitrogens with zero attached hydrogens (tertiary/aromatic N) is 3. The summed E-state index contributed by atoms with van der Waals surface area (Å²) < 4.78 is 43.3. The van der Waals surface area contributed by atoms with Crippen molar-refractivity contribution in [1.82, 2.24) is 19.6 Å². The van der Waals surface area contributed by atoms with Gasteiger partial charge in [-0.15, -0.1) is 0 Å². The number of fused-ring (bicyclic) bond motifs is 1. The van der Waals surface area contributed by atoms with E-state index in [1.165, 1.54) is 7.11 Å². The Bertz CT molecular complexity index is 1060. The standard InChI is InChI=1S/C22H33ClN4O6S/c1-13-8-17(26-34(5,29)30)21(2,27(13)20(28)32-4)12-33-15-6-7-22(10-14(22)9-15)19-24-11-16(23)18(25-19)31-3/h11,13-15,17,26H,6-10,12H2,1-5H3. The van der Waals surface area contributed by atoms with Crippen LogP contribution in [0, 0.1) is 5.92 Å². The van der Waals surface area contributed by atoms with Crippen molar-refractivity contribution in [3.05, 3.63) is 17.0 Å². The predicted molar refractivity (Wildman–Crippen MR) is 125 cm³/mol. The number of methoxy groups -OCH3 is 2. The highest BCUT2D eigenvalue weighted by atomic mass is 35.5. The maximum Gasteiger partial charge on any atom is 0.410 e. The zero-order valence-corrected chi connectivity index (χ0v) is 21.8. The number of carbonyl (C=O) groups is 1. The molecule has 10 nitrogen and oxygen atoms in total. The van der Waals surface area contributed by atoms with Gasteiger partial charge in [0, 0.05) is 17.5 Å². The molecule has 34 heavy (non-hydrogen) atoms. The molecule has 3 aliphatic rings. The minimum Gasteiger partial charge on any atom is -0.480 e. The molecule has 1 aliphatic heterocycles. The molecule has 6 unspecified atom stereocenters. The summed E-state index contributed by atoms with van der Waals surface area (Å²) in [5.74, 6) is 1.55. The molecule has 1 aromatic rings. The van der Waals surface area contributed by atoms with E-state index < -0.39 is 27.7 Å². The second-order valence-corrected chi connectivity index (χ2v) is 12.2. The van der Waals surface area contributed by atoms with Crippen LogP contribution in [0.25, 0.3) is 0 Å². The van der Waals surface area contributed by atoms with Crippen LogP contribution in [0.15, 0.2) is 6.20 Å². The van der Waals surface area contributed by atoms with Crippen LogP contribution in [-0.4, -0.2) is 80.2 Å². The van der Waals surface area contributed by atoms with Gasteiger partial charge in [-0.3, -0.25) is 4.90 Å². The number of nitrogens with one attached hydrogen (secondary N) is 1. The minimum absolute atomic E-state index is 0.000863. The lowest BCUT2D eigenvalue weighted by atomic mass is 9.85. The summed E-state index contributed by atoms with van der Waals surface area (Å²) in [6.07, 6.45) is 6.24. The van der Waals surface area contributed by atoms with E-state index in [4.69, 9.17) is 25.8 Å². The van der Waals surface area contributed by atoms with Crippen LogP contribution in [0.3, 0.4) is 0 Å². The van der Waals surface area contributed by atoms with Gasteiger partial charge in [0.1, 0.15) is 10.8 Å². The van der Waals surface area contributed by atoms with Crippen LogP contribution < -0.4 is 9.46 Å². The fourth-order valence-corrected chi connectivity index (χ4v) is 6.91. The number of rotatable bonds is 7. The van der Waals surface area contributed by atoms with Gasteiger partial charge in [-0.25, -0.2) is 22.9 Å². The van der Waals surface area contributed by atoms with Gasteiger partial charge in [-0.05, 0) is 51.9 Å². The number of hydrogen-bond acceptors (Lipinski definition) is 8. The molecule has 1 saturated heterocycles. The fraction of sp³-hybridized carbons (Fsp3) is 0.773. The highest BCUT2D eigenvalue weighted by Gasteiger charge is 2.60. The van der Waals surface area contributed by atoms with Gasteiger partial charge in [-0.2, -0.15) is 4.98 Å². The van der Waals surface area contributed by atoms with Crippen molar-refractivity contribution in [1.29, 1.82) is 0 Å². The summed E-state index contributed by atoms with van der Waals surface area (Å²) in [6.45, 7) is 3.95. The van der Waals surface area contributed by atoms with Crippen LogP contribution in [-0.2, 0) is 24.9 Å². The molecule has 0 radical (unpaired) electrons. The lowest BCUT2D eigenvalue weighted by Gasteiger charge is -2.40. The first kappa shape index (κ1) is 25.4. The Morgan fingerprint density at radius 3 is 2.71 bits per heavy atom. The minimum atomic E-state index is -3.47. The third-order valence-electron chi connectivity index (χ3n) is 7.70. The maximum absolute atomic E-state index is 12.6. The summed E-state index contributed by atoms with van der Waals surface area (Å²) >= 11 is 6.09. The molecule has 6 atom stereocenters. The molecule has 4 rings (SSSR count). The van der Waals surface area contributed by atoms with Crippen LogP contribution in [0.4, 0.5) is 4.79 Å². The number of halogens is 1. The van der Waals surface area contributed by atoms with E-state index in [0.29, 0.717) is 23.2 Å². The van der Waals surface area contributed by atoms with E-state index in [1.807, 2.05) is 13.8 Å². The molecule has 0 spiro atoms. The van der Waals surface area contributed by atoms with Gasteiger partial charge in [0.05, 0.1) is 44.9 Å². The van der Waals surface area contributed by atoms with Gasteiger partial charge in [0.15, 0.2) is 0 Å². The Kier molecular flexibility index (Phi) is 6.78. The highest BCUT2D eigenvalue weighted by Crippen LogP contribution is 2.62. The lowest BCUT2D eigenvalue weighted by Crippen LogP contribution is -2.59. The average Bonchev–Trinajstić information content (AvgIpc) is 3.46. The molecular weight excluding hydrogens is 484 g/mol. The van der Waals surface area contributed by atoms with Gasteiger partial charge in [0.25, 0.3) is 0 Å². The van der Waals surface area contributed by atoms with Gasteiger partial charge >= 0.3 is 6.09 Å². The molecule has 2 heterocycles. The zero-order valence-electron chi connectivity index (χ0n) is 20.2. The van der Waals surface area contributed by atoms with E-state index in [2.05, 4.69) is 14.7 Å². The Hall–Kier alpha value is -1.69. The van der Waals surface area contributed by atoms with Crippen LogP contribution in [0.1, 0.15) is 51.8 Å². The second-order valence-electron chi connectivity index (χ2n) is 10.0. The Morgan fingerprint density at radius 2 is 2.09 bits per heavy atom. The molecule has 12 heteroatoms. The topological polar surface area (TPSA) is 120 Å².